The van der Waals surface area contributed by atoms with E-state index in [4.69, 9.17) is 0 Å². The standard InChI is InChI=1S/C49H31N.C25H15Br.C25H18/c1-3-14-32(15-4-1)34-26-28-45-39(30-34)40-31-35(33-16-5-2-6-17-33)27-29-46(40)50(45)47-25-13-24-44-48(47)38-20-9-12-23-43(38)49(44)41-21-10-7-18-36(41)37-19-8-11-22-42(37)49;26-23-15-7-11-19-18-10-3-6-14-22(18)25(24(19)23)20-12-4-1-8-16(20)17-9-2-5-13-21(17)25;1-3-7-18(8-4-1)20-11-13-22-15-23-14-12-21(17-25(23)24(22)16-20)19-9-5-2-6-10-19/h1-31H;1-15H;1-14,16-17H,15H2. The van der Waals surface area contributed by atoms with Gasteiger partial charge in [0.25, 0.3) is 0 Å². The second-order valence-electron chi connectivity index (χ2n) is 27.3. The van der Waals surface area contributed by atoms with Crippen LogP contribution < -0.4 is 0 Å². The summed E-state index contributed by atoms with van der Waals surface area (Å²) in [6, 6.07) is 138. The van der Waals surface area contributed by atoms with Gasteiger partial charge in [-0.05, 0) is 205 Å². The van der Waals surface area contributed by atoms with E-state index in [9.17, 15) is 0 Å². The van der Waals surface area contributed by atoms with E-state index in [1.165, 1.54) is 188 Å². The molecule has 0 N–H and O–H groups in total. The van der Waals surface area contributed by atoms with Crippen LogP contribution in [-0.2, 0) is 17.3 Å². The molecule has 0 saturated carbocycles. The first-order valence-electron chi connectivity index (χ1n) is 35.1. The third-order valence-electron chi connectivity index (χ3n) is 22.3. The minimum Gasteiger partial charge on any atom is -0.309 e. The first-order valence-corrected chi connectivity index (χ1v) is 35.9. The van der Waals surface area contributed by atoms with Crippen molar-refractivity contribution in [2.75, 3.05) is 0 Å². The van der Waals surface area contributed by atoms with Gasteiger partial charge < -0.3 is 4.57 Å². The summed E-state index contributed by atoms with van der Waals surface area (Å²) in [6.45, 7) is 0. The number of nitrogens with zero attached hydrogens (tertiary/aromatic N) is 1. The predicted octanol–water partition coefficient (Wildman–Crippen LogP) is 25.8. The molecule has 0 amide bonds. The quantitative estimate of drug-likeness (QED) is 0.162. The van der Waals surface area contributed by atoms with Gasteiger partial charge in [0, 0.05) is 20.8 Å². The van der Waals surface area contributed by atoms with E-state index >= 15 is 0 Å². The van der Waals surface area contributed by atoms with Gasteiger partial charge in [-0.15, -0.1) is 0 Å². The number of hydrogen-bond acceptors (Lipinski definition) is 0. The fourth-order valence-corrected chi connectivity index (χ4v) is 18.8. The molecule has 0 saturated heterocycles. The molecule has 16 aromatic carbocycles. The summed E-state index contributed by atoms with van der Waals surface area (Å²) in [7, 11) is 0. The van der Waals surface area contributed by atoms with E-state index in [2.05, 4.69) is 397 Å². The molecular formula is C99H64BrN. The molecule has 1 aromatic heterocycles. The molecule has 5 aliphatic rings. The number of aromatic nitrogens is 1. The second kappa shape index (κ2) is 23.5. The fourth-order valence-electron chi connectivity index (χ4n) is 18.1. The molecule has 17 aromatic rings. The Morgan fingerprint density at radius 2 is 0.545 bits per heavy atom. The van der Waals surface area contributed by atoms with Gasteiger partial charge in [0.15, 0.2) is 0 Å². The highest BCUT2D eigenvalue weighted by atomic mass is 79.9. The van der Waals surface area contributed by atoms with Gasteiger partial charge in [-0.25, -0.2) is 0 Å². The highest BCUT2D eigenvalue weighted by Crippen LogP contribution is 2.66. The summed E-state index contributed by atoms with van der Waals surface area (Å²) < 4.78 is 3.70. The van der Waals surface area contributed by atoms with Gasteiger partial charge in [0.05, 0.1) is 27.6 Å². The fraction of sp³-hybridized carbons (Fsp3) is 0.0303. The normalized spacial score (nSPS) is 13.3. The zero-order valence-electron chi connectivity index (χ0n) is 55.3. The number of hydrogen-bond donors (Lipinski definition) is 0. The molecule has 5 aliphatic carbocycles. The average Bonchev–Trinajstić information content (AvgIpc) is 1.52. The molecule has 472 valence electrons. The predicted molar refractivity (Wildman–Crippen MR) is 424 cm³/mol. The van der Waals surface area contributed by atoms with Crippen molar-refractivity contribution in [3.8, 4) is 106 Å². The maximum Gasteiger partial charge on any atom is 0.0736 e. The van der Waals surface area contributed by atoms with Crippen molar-refractivity contribution in [2.24, 2.45) is 0 Å². The third kappa shape index (κ3) is 8.88. The molecule has 0 radical (unpaired) electrons. The van der Waals surface area contributed by atoms with Crippen LogP contribution in [0.25, 0.3) is 128 Å². The van der Waals surface area contributed by atoms with Gasteiger partial charge >= 0.3 is 0 Å². The first-order chi connectivity index (χ1) is 50.0. The molecular weight excluding hydrogens is 1280 g/mol. The van der Waals surface area contributed by atoms with Gasteiger partial charge in [0.2, 0.25) is 0 Å². The molecule has 22 rings (SSSR count). The smallest absolute Gasteiger partial charge is 0.0736 e. The third-order valence-corrected chi connectivity index (χ3v) is 22.9. The van der Waals surface area contributed by atoms with Crippen molar-refractivity contribution in [1.29, 1.82) is 0 Å². The van der Waals surface area contributed by atoms with E-state index < -0.39 is 0 Å². The van der Waals surface area contributed by atoms with Crippen LogP contribution >= 0.6 is 15.9 Å². The maximum absolute atomic E-state index is 3.89. The molecule has 2 heteroatoms. The Kier molecular flexibility index (Phi) is 13.7. The lowest BCUT2D eigenvalue weighted by Crippen LogP contribution is -2.26. The molecule has 1 nitrogen and oxygen atoms in total. The van der Waals surface area contributed by atoms with E-state index in [0.717, 1.165) is 6.42 Å². The number of benzene rings is 16. The molecule has 0 fully saturated rings. The van der Waals surface area contributed by atoms with E-state index in [1.807, 2.05) is 0 Å². The highest BCUT2D eigenvalue weighted by molar-refractivity contribution is 9.10. The van der Waals surface area contributed by atoms with Crippen LogP contribution in [0.1, 0.15) is 55.6 Å². The highest BCUT2D eigenvalue weighted by Gasteiger charge is 2.54. The monoisotopic (exact) mass is 1350 g/mol. The van der Waals surface area contributed by atoms with Gasteiger partial charge in [0.1, 0.15) is 0 Å². The lowest BCUT2D eigenvalue weighted by Gasteiger charge is -2.31. The van der Waals surface area contributed by atoms with E-state index in [-0.39, 0.29) is 10.8 Å². The number of halogens is 1. The van der Waals surface area contributed by atoms with Crippen molar-refractivity contribution in [1.82, 2.24) is 4.57 Å². The van der Waals surface area contributed by atoms with E-state index in [0.29, 0.717) is 0 Å². The van der Waals surface area contributed by atoms with Crippen LogP contribution in [-0.4, -0.2) is 4.57 Å². The summed E-state index contributed by atoms with van der Waals surface area (Å²) in [5.41, 5.74) is 40.3. The summed E-state index contributed by atoms with van der Waals surface area (Å²) in [5, 5.41) is 2.52. The molecule has 0 aliphatic heterocycles. The number of rotatable bonds is 5. The van der Waals surface area contributed by atoms with Crippen molar-refractivity contribution in [3.05, 3.63) is 436 Å². The molecule has 0 bridgehead atoms. The summed E-state index contributed by atoms with van der Waals surface area (Å²) in [6.07, 6.45) is 1.04. The van der Waals surface area contributed by atoms with Crippen LogP contribution in [0.3, 0.4) is 0 Å². The Labute approximate surface area is 597 Å². The molecule has 0 atom stereocenters. The van der Waals surface area contributed by atoms with Crippen molar-refractivity contribution >= 4 is 37.7 Å². The minimum atomic E-state index is -0.380. The Morgan fingerprint density at radius 3 is 0.970 bits per heavy atom. The zero-order chi connectivity index (χ0) is 66.8. The Hall–Kier alpha value is -12.2. The van der Waals surface area contributed by atoms with Gasteiger partial charge in [-0.3, -0.25) is 0 Å². The van der Waals surface area contributed by atoms with E-state index in [1.54, 1.807) is 0 Å². The molecule has 2 spiro atoms. The summed E-state index contributed by atoms with van der Waals surface area (Å²) in [4.78, 5) is 0. The molecule has 101 heavy (non-hydrogen) atoms. The maximum atomic E-state index is 3.89. The van der Waals surface area contributed by atoms with Gasteiger partial charge in [-0.1, -0.05) is 344 Å². The van der Waals surface area contributed by atoms with Crippen LogP contribution in [0.5, 0.6) is 0 Å². The van der Waals surface area contributed by atoms with Crippen LogP contribution in [0, 0.1) is 0 Å². The van der Waals surface area contributed by atoms with Crippen molar-refractivity contribution in [2.45, 2.75) is 17.3 Å². The summed E-state index contributed by atoms with van der Waals surface area (Å²) in [5.74, 6) is 0. The van der Waals surface area contributed by atoms with Crippen molar-refractivity contribution in [3.63, 3.8) is 0 Å². The lowest BCUT2D eigenvalue weighted by atomic mass is 9.70. The zero-order valence-corrected chi connectivity index (χ0v) is 56.9. The Bertz CT molecular complexity index is 5880. The van der Waals surface area contributed by atoms with Crippen LogP contribution in [0.4, 0.5) is 0 Å². The molecule has 0 unspecified atom stereocenters. The topological polar surface area (TPSA) is 4.93 Å². The Balaban J connectivity index is 0.000000113. The van der Waals surface area contributed by atoms with Gasteiger partial charge in [-0.2, -0.15) is 0 Å². The summed E-state index contributed by atoms with van der Waals surface area (Å²) >= 11 is 3.89. The number of fused-ring (bicyclic) bond motifs is 26. The Morgan fingerprint density at radius 1 is 0.228 bits per heavy atom. The second-order valence-corrected chi connectivity index (χ2v) is 28.2. The lowest BCUT2D eigenvalue weighted by molar-refractivity contribution is 0.789. The van der Waals surface area contributed by atoms with Crippen LogP contribution in [0.15, 0.2) is 381 Å². The minimum absolute atomic E-state index is 0.237. The first kappa shape index (κ1) is 58.9. The largest absolute Gasteiger partial charge is 0.309 e. The van der Waals surface area contributed by atoms with Crippen LogP contribution in [0.2, 0.25) is 0 Å². The van der Waals surface area contributed by atoms with Crippen molar-refractivity contribution < 1.29 is 0 Å². The molecule has 1 heterocycles. The SMILES string of the molecule is Brc1cccc2c1C1(c3ccccc3-c3ccccc31)c1ccccc1-2.c1ccc(-c2ccc3c(c2)-c2cc(-c4ccccc4)ccc2C3)cc1.c1ccc(-c2ccc3c(c2)c2cc(-c4ccccc4)ccc2n3-c2cccc3c2-c2ccccc2C32c3ccccc3-c3ccccc32)cc1. The average molecular weight is 1350 g/mol.